The maximum absolute atomic E-state index is 9.14. The van der Waals surface area contributed by atoms with Crippen molar-refractivity contribution in [2.24, 2.45) is 11.8 Å². The van der Waals surface area contributed by atoms with Crippen LogP contribution in [0.25, 0.3) is 0 Å². The van der Waals surface area contributed by atoms with Gasteiger partial charge in [-0.15, -0.1) is 0 Å². The fourth-order valence-electron chi connectivity index (χ4n) is 3.21. The molecule has 1 heterocycles. The van der Waals surface area contributed by atoms with Gasteiger partial charge in [0.15, 0.2) is 0 Å². The molecule has 2 aliphatic rings. The highest BCUT2D eigenvalue weighted by molar-refractivity contribution is 4.83. The topological polar surface area (TPSA) is 32.3 Å². The lowest BCUT2D eigenvalue weighted by atomic mass is 9.74. The molecule has 1 aliphatic heterocycles. The van der Waals surface area contributed by atoms with E-state index in [4.69, 9.17) is 5.11 Å². The average molecular weight is 197 g/mol. The van der Waals surface area contributed by atoms with Gasteiger partial charge in [0.05, 0.1) is 6.61 Å². The van der Waals surface area contributed by atoms with Gasteiger partial charge in [0.2, 0.25) is 0 Å². The molecular weight excluding hydrogens is 174 g/mol. The molecule has 0 radical (unpaired) electrons. The molecule has 14 heavy (non-hydrogen) atoms. The molecule has 2 unspecified atom stereocenters. The molecule has 1 saturated heterocycles. The first-order valence-corrected chi connectivity index (χ1v) is 6.24. The number of aliphatic hydroxyl groups excluding tert-OH is 1. The van der Waals surface area contributed by atoms with Gasteiger partial charge in [-0.1, -0.05) is 32.1 Å². The van der Waals surface area contributed by atoms with E-state index in [9.17, 15) is 0 Å². The molecule has 0 aromatic carbocycles. The molecule has 0 bridgehead atoms. The summed E-state index contributed by atoms with van der Waals surface area (Å²) in [5.74, 6) is 1.87. The molecular formula is C12H23NO. The van der Waals surface area contributed by atoms with E-state index in [1.54, 1.807) is 0 Å². The van der Waals surface area contributed by atoms with Crippen LogP contribution in [0.3, 0.4) is 0 Å². The summed E-state index contributed by atoms with van der Waals surface area (Å²) in [5.41, 5.74) is 0. The lowest BCUT2D eigenvalue weighted by molar-refractivity contribution is 0.141. The summed E-state index contributed by atoms with van der Waals surface area (Å²) in [6.45, 7) is 1.44. The summed E-state index contributed by atoms with van der Waals surface area (Å²) in [7, 11) is 0. The minimum atomic E-state index is 0.323. The molecule has 1 saturated carbocycles. The molecule has 2 atom stereocenters. The summed E-state index contributed by atoms with van der Waals surface area (Å²) in [5, 5.41) is 12.5. The van der Waals surface area contributed by atoms with E-state index in [-0.39, 0.29) is 0 Å². The number of aliphatic hydroxyl groups is 1. The first-order chi connectivity index (χ1) is 6.90. The van der Waals surface area contributed by atoms with Crippen LogP contribution in [-0.2, 0) is 0 Å². The molecule has 0 amide bonds. The number of hydrogen-bond acceptors (Lipinski definition) is 2. The van der Waals surface area contributed by atoms with Crippen molar-refractivity contribution in [3.63, 3.8) is 0 Å². The highest BCUT2D eigenvalue weighted by Crippen LogP contribution is 2.35. The fourth-order valence-corrected chi connectivity index (χ4v) is 3.21. The highest BCUT2D eigenvalue weighted by atomic mass is 16.3. The smallest absolute Gasteiger partial charge is 0.0584 e. The molecule has 2 heteroatoms. The van der Waals surface area contributed by atoms with Gasteiger partial charge in [-0.2, -0.15) is 0 Å². The van der Waals surface area contributed by atoms with Crippen LogP contribution < -0.4 is 5.32 Å². The van der Waals surface area contributed by atoms with Crippen molar-refractivity contribution in [2.45, 2.75) is 51.0 Å². The van der Waals surface area contributed by atoms with Crippen molar-refractivity contribution in [1.29, 1.82) is 0 Å². The molecule has 0 spiro atoms. The Morgan fingerprint density at radius 1 is 1.00 bits per heavy atom. The Morgan fingerprint density at radius 3 is 2.50 bits per heavy atom. The SMILES string of the molecule is OCC1CC(C2CCCCC2)CCN1. The maximum Gasteiger partial charge on any atom is 0.0584 e. The van der Waals surface area contributed by atoms with E-state index >= 15 is 0 Å². The number of piperidine rings is 1. The molecule has 82 valence electrons. The van der Waals surface area contributed by atoms with Gasteiger partial charge >= 0.3 is 0 Å². The van der Waals surface area contributed by atoms with E-state index in [0.717, 1.165) is 18.4 Å². The van der Waals surface area contributed by atoms with Crippen molar-refractivity contribution in [1.82, 2.24) is 5.32 Å². The van der Waals surface area contributed by atoms with Crippen LogP contribution in [0.1, 0.15) is 44.9 Å². The number of hydrogen-bond donors (Lipinski definition) is 2. The van der Waals surface area contributed by atoms with Crippen LogP contribution in [0.5, 0.6) is 0 Å². The normalized spacial score (nSPS) is 35.8. The van der Waals surface area contributed by atoms with Gasteiger partial charge in [-0.05, 0) is 31.2 Å². The van der Waals surface area contributed by atoms with Gasteiger partial charge in [0.1, 0.15) is 0 Å². The van der Waals surface area contributed by atoms with Gasteiger partial charge in [0.25, 0.3) is 0 Å². The Kier molecular flexibility index (Phi) is 3.82. The zero-order valence-electron chi connectivity index (χ0n) is 9.04. The van der Waals surface area contributed by atoms with Crippen LogP contribution in [-0.4, -0.2) is 24.3 Å². The molecule has 2 N–H and O–H groups in total. The van der Waals surface area contributed by atoms with E-state index in [1.165, 1.54) is 44.9 Å². The standard InChI is InChI=1S/C12H23NO/c14-9-12-8-11(6-7-13-12)10-4-2-1-3-5-10/h10-14H,1-9H2. The summed E-state index contributed by atoms with van der Waals surface area (Å²) in [6.07, 6.45) is 9.77. The lowest BCUT2D eigenvalue weighted by Gasteiger charge is -2.36. The minimum Gasteiger partial charge on any atom is -0.395 e. The van der Waals surface area contributed by atoms with E-state index in [0.29, 0.717) is 12.6 Å². The summed E-state index contributed by atoms with van der Waals surface area (Å²) >= 11 is 0. The third-order valence-electron chi connectivity index (χ3n) is 4.07. The van der Waals surface area contributed by atoms with Crippen LogP contribution in [0.2, 0.25) is 0 Å². The molecule has 0 aromatic rings. The van der Waals surface area contributed by atoms with Crippen molar-refractivity contribution >= 4 is 0 Å². The van der Waals surface area contributed by atoms with Gasteiger partial charge in [-0.25, -0.2) is 0 Å². The molecule has 0 aromatic heterocycles. The second-order valence-electron chi connectivity index (χ2n) is 5.02. The van der Waals surface area contributed by atoms with Crippen molar-refractivity contribution in [2.75, 3.05) is 13.2 Å². The molecule has 2 nitrogen and oxygen atoms in total. The second kappa shape index (κ2) is 5.13. The maximum atomic E-state index is 9.14. The van der Waals surface area contributed by atoms with Gasteiger partial charge in [0, 0.05) is 6.04 Å². The van der Waals surface area contributed by atoms with Crippen LogP contribution in [0.15, 0.2) is 0 Å². The number of rotatable bonds is 2. The Bertz CT molecular complexity index is 166. The third-order valence-corrected chi connectivity index (χ3v) is 4.07. The number of nitrogens with one attached hydrogen (secondary N) is 1. The Hall–Kier alpha value is -0.0800. The Balaban J connectivity index is 1.83. The predicted octanol–water partition coefficient (Wildman–Crippen LogP) is 1.93. The van der Waals surface area contributed by atoms with Gasteiger partial charge in [-0.3, -0.25) is 0 Å². The monoisotopic (exact) mass is 197 g/mol. The van der Waals surface area contributed by atoms with Crippen molar-refractivity contribution in [3.05, 3.63) is 0 Å². The van der Waals surface area contributed by atoms with Crippen molar-refractivity contribution in [3.8, 4) is 0 Å². The largest absolute Gasteiger partial charge is 0.395 e. The predicted molar refractivity (Wildman–Crippen MR) is 58.2 cm³/mol. The minimum absolute atomic E-state index is 0.323. The van der Waals surface area contributed by atoms with Crippen LogP contribution in [0.4, 0.5) is 0 Å². The van der Waals surface area contributed by atoms with Crippen LogP contribution in [0, 0.1) is 11.8 Å². The van der Waals surface area contributed by atoms with E-state index in [2.05, 4.69) is 5.32 Å². The van der Waals surface area contributed by atoms with E-state index in [1.807, 2.05) is 0 Å². The van der Waals surface area contributed by atoms with Gasteiger partial charge < -0.3 is 10.4 Å². The fraction of sp³-hybridized carbons (Fsp3) is 1.00. The molecule has 1 aliphatic carbocycles. The first-order valence-electron chi connectivity index (χ1n) is 6.24. The summed E-state index contributed by atoms with van der Waals surface area (Å²) < 4.78 is 0. The molecule has 2 fully saturated rings. The zero-order chi connectivity index (χ0) is 9.80. The van der Waals surface area contributed by atoms with Crippen molar-refractivity contribution < 1.29 is 5.11 Å². The lowest BCUT2D eigenvalue weighted by Crippen LogP contribution is -2.42. The quantitative estimate of drug-likeness (QED) is 0.709. The van der Waals surface area contributed by atoms with E-state index < -0.39 is 0 Å². The summed E-state index contributed by atoms with van der Waals surface area (Å²) in [4.78, 5) is 0. The second-order valence-corrected chi connectivity index (χ2v) is 5.02. The molecule has 2 rings (SSSR count). The first kappa shape index (κ1) is 10.4. The third kappa shape index (κ3) is 2.48. The zero-order valence-corrected chi connectivity index (χ0v) is 9.04. The van der Waals surface area contributed by atoms with Crippen LogP contribution >= 0.6 is 0 Å². The Labute approximate surface area is 87.1 Å². The Morgan fingerprint density at radius 2 is 1.79 bits per heavy atom. The summed E-state index contributed by atoms with van der Waals surface area (Å²) in [6, 6.07) is 0.385. The average Bonchev–Trinajstić information content (AvgIpc) is 2.30. The highest BCUT2D eigenvalue weighted by Gasteiger charge is 2.28.